The molecule has 0 aliphatic heterocycles. The molecule has 31 heavy (non-hydrogen) atoms. The van der Waals surface area contributed by atoms with Crippen molar-refractivity contribution >= 4 is 23.5 Å². The van der Waals surface area contributed by atoms with E-state index in [1.54, 1.807) is 0 Å². The average molecular weight is 446 g/mol. The van der Waals surface area contributed by atoms with Crippen molar-refractivity contribution in [3.05, 3.63) is 35.9 Å². The van der Waals surface area contributed by atoms with Crippen molar-refractivity contribution in [1.82, 2.24) is 10.6 Å². The van der Waals surface area contributed by atoms with E-state index in [4.69, 9.17) is 5.73 Å². The molecule has 4 atom stereocenters. The Hall–Kier alpha value is -3.32. The molecule has 0 spiro atoms. The molecule has 4 amide bonds. The molecule has 170 valence electrons. The number of hydrogen-bond donors (Lipinski definition) is 6. The summed E-state index contributed by atoms with van der Waals surface area (Å²) in [6.07, 6.45) is -6.66. The highest BCUT2D eigenvalue weighted by Gasteiger charge is 2.34. The number of aliphatic hydroxyl groups excluding tert-OH is 2. The fourth-order valence-electron chi connectivity index (χ4n) is 2.68. The third-order valence-corrected chi connectivity index (χ3v) is 4.28. The minimum atomic E-state index is -4.85. The van der Waals surface area contributed by atoms with Crippen LogP contribution in [0.3, 0.4) is 0 Å². The van der Waals surface area contributed by atoms with Crippen LogP contribution in [0.1, 0.15) is 13.3 Å². The molecule has 1 aromatic carbocycles. The number of ether oxygens (including phenoxy) is 1. The molecule has 0 saturated carbocycles. The van der Waals surface area contributed by atoms with Crippen LogP contribution in [0.5, 0.6) is 5.75 Å². The lowest BCUT2D eigenvalue weighted by Crippen LogP contribution is -2.52. The van der Waals surface area contributed by atoms with Gasteiger partial charge < -0.3 is 36.6 Å². The fourth-order valence-corrected chi connectivity index (χ4v) is 2.68. The Morgan fingerprint density at radius 3 is 2.35 bits per heavy atom. The van der Waals surface area contributed by atoms with Gasteiger partial charge in [-0.1, -0.05) is 6.08 Å². The number of carbonyl (C=O) groups excluding carboxylic acids is 3. The maximum Gasteiger partial charge on any atom is 0.573 e. The van der Waals surface area contributed by atoms with Crippen molar-refractivity contribution in [3.8, 4) is 5.75 Å². The van der Waals surface area contributed by atoms with Gasteiger partial charge in [0.1, 0.15) is 17.9 Å². The minimum absolute atomic E-state index is 0.0184. The number of nitrogens with two attached hydrogens (primary N) is 1. The summed E-state index contributed by atoms with van der Waals surface area (Å²) in [5.41, 5.74) is 5.22. The number of aliphatic hydroxyl groups is 2. The van der Waals surface area contributed by atoms with Gasteiger partial charge in [0.05, 0.1) is 12.1 Å². The Balaban J connectivity index is 2.03. The van der Waals surface area contributed by atoms with Crippen LogP contribution in [0.2, 0.25) is 0 Å². The lowest BCUT2D eigenvalue weighted by molar-refractivity contribution is -0.274. The van der Waals surface area contributed by atoms with Gasteiger partial charge in [-0.25, -0.2) is 4.79 Å². The summed E-state index contributed by atoms with van der Waals surface area (Å²) in [7, 11) is 0. The van der Waals surface area contributed by atoms with Crippen molar-refractivity contribution in [2.75, 3.05) is 5.32 Å². The zero-order chi connectivity index (χ0) is 23.3. The van der Waals surface area contributed by atoms with Crippen LogP contribution in [0.4, 0.5) is 23.7 Å². The second-order valence-electron chi connectivity index (χ2n) is 6.75. The minimum Gasteiger partial charge on any atom is -0.406 e. The maximum absolute atomic E-state index is 12.2. The van der Waals surface area contributed by atoms with Crippen molar-refractivity contribution in [1.29, 1.82) is 0 Å². The normalized spacial score (nSPS) is 22.0. The van der Waals surface area contributed by atoms with Crippen molar-refractivity contribution in [2.45, 2.75) is 44.0 Å². The number of carbonyl (C=O) groups is 3. The number of benzene rings is 1. The number of anilines is 1. The van der Waals surface area contributed by atoms with Gasteiger partial charge in [-0.3, -0.25) is 9.59 Å². The number of nitrogens with one attached hydrogen (secondary N) is 3. The summed E-state index contributed by atoms with van der Waals surface area (Å²) in [6, 6.07) is 1.30. The summed E-state index contributed by atoms with van der Waals surface area (Å²) in [5, 5.41) is 27.1. The molecule has 0 saturated heterocycles. The van der Waals surface area contributed by atoms with Gasteiger partial charge in [-0.05, 0) is 31.2 Å². The average Bonchev–Trinajstić information content (AvgIpc) is 2.65. The number of amides is 4. The van der Waals surface area contributed by atoms with Crippen LogP contribution < -0.4 is 26.4 Å². The molecule has 7 N–H and O–H groups in total. The highest BCUT2D eigenvalue weighted by molar-refractivity contribution is 5.97. The number of urea groups is 1. The molecule has 1 aliphatic carbocycles. The monoisotopic (exact) mass is 446 g/mol. The predicted octanol–water partition coefficient (Wildman–Crippen LogP) is 0.117. The quantitative estimate of drug-likeness (QED) is 0.363. The van der Waals surface area contributed by atoms with Gasteiger partial charge in [0.2, 0.25) is 11.8 Å². The highest BCUT2D eigenvalue weighted by atomic mass is 19.4. The molecule has 0 heterocycles. The molecule has 1 aromatic rings. The first kappa shape index (κ1) is 24.0. The predicted molar refractivity (Wildman–Crippen MR) is 101 cm³/mol. The zero-order valence-electron chi connectivity index (χ0n) is 16.1. The van der Waals surface area contributed by atoms with Gasteiger partial charge in [-0.2, -0.15) is 0 Å². The third kappa shape index (κ3) is 7.15. The molecule has 10 nitrogen and oxygen atoms in total. The number of halogens is 3. The summed E-state index contributed by atoms with van der Waals surface area (Å²) >= 11 is 0. The van der Waals surface area contributed by atoms with E-state index in [-0.39, 0.29) is 17.7 Å². The first-order chi connectivity index (χ1) is 14.4. The maximum atomic E-state index is 12.2. The van der Waals surface area contributed by atoms with Crippen LogP contribution in [0, 0.1) is 0 Å². The summed E-state index contributed by atoms with van der Waals surface area (Å²) in [6.45, 7) is 1.36. The van der Waals surface area contributed by atoms with E-state index < -0.39 is 54.2 Å². The van der Waals surface area contributed by atoms with Crippen LogP contribution in [-0.4, -0.2) is 58.7 Å². The van der Waals surface area contributed by atoms with Crippen molar-refractivity contribution < 1.29 is 42.5 Å². The second kappa shape index (κ2) is 9.66. The van der Waals surface area contributed by atoms with E-state index in [1.165, 1.54) is 13.0 Å². The molecule has 1 aliphatic rings. The van der Waals surface area contributed by atoms with Gasteiger partial charge in [0.25, 0.3) is 0 Å². The molecule has 0 aromatic heterocycles. The van der Waals surface area contributed by atoms with Crippen LogP contribution in [0.25, 0.3) is 0 Å². The largest absolute Gasteiger partial charge is 0.573 e. The Bertz CT molecular complexity index is 859. The molecular weight excluding hydrogens is 425 g/mol. The molecule has 13 heteroatoms. The Morgan fingerprint density at radius 2 is 1.81 bits per heavy atom. The standard InChI is InChI=1S/C18H21F3N4O6/c1-8(15(22)28)23-16(29)9-6-12(14(27)13(26)7-9)25-17(30)24-10-2-4-11(5-3-10)31-18(19,20)21/h2-6,8,12-14,26-27H,7H2,1H3,(H2,22,28)(H,23,29)(H2,24,25,30). The topological polar surface area (TPSA) is 163 Å². The number of rotatable bonds is 6. The van der Waals surface area contributed by atoms with E-state index in [0.717, 1.165) is 24.3 Å². The van der Waals surface area contributed by atoms with Crippen molar-refractivity contribution in [2.24, 2.45) is 5.73 Å². The molecule has 0 bridgehead atoms. The molecule has 4 unspecified atom stereocenters. The fraction of sp³-hybridized carbons (Fsp3) is 0.389. The molecule has 0 fully saturated rings. The third-order valence-electron chi connectivity index (χ3n) is 4.28. The van der Waals surface area contributed by atoms with Gasteiger partial charge >= 0.3 is 12.4 Å². The van der Waals surface area contributed by atoms with E-state index in [2.05, 4.69) is 20.7 Å². The summed E-state index contributed by atoms with van der Waals surface area (Å²) in [5.74, 6) is -1.95. The Labute approximate surface area is 174 Å². The van der Waals surface area contributed by atoms with E-state index in [9.17, 15) is 37.8 Å². The lowest BCUT2D eigenvalue weighted by atomic mass is 9.90. The smallest absolute Gasteiger partial charge is 0.406 e. The first-order valence-corrected chi connectivity index (χ1v) is 8.96. The zero-order valence-corrected chi connectivity index (χ0v) is 16.1. The van der Waals surface area contributed by atoms with Gasteiger partial charge in [0, 0.05) is 17.7 Å². The van der Waals surface area contributed by atoms with E-state index in [0.29, 0.717) is 0 Å². The van der Waals surface area contributed by atoms with E-state index >= 15 is 0 Å². The Kier molecular flexibility index (Phi) is 7.46. The number of primary amides is 1. The van der Waals surface area contributed by atoms with Gasteiger partial charge in [0.15, 0.2) is 0 Å². The first-order valence-electron chi connectivity index (χ1n) is 8.96. The van der Waals surface area contributed by atoms with Crippen LogP contribution in [0.15, 0.2) is 35.9 Å². The lowest BCUT2D eigenvalue weighted by Gasteiger charge is -2.31. The van der Waals surface area contributed by atoms with Crippen LogP contribution in [-0.2, 0) is 9.59 Å². The van der Waals surface area contributed by atoms with E-state index in [1.807, 2.05) is 0 Å². The number of hydrogen-bond acceptors (Lipinski definition) is 6. The number of alkyl halides is 3. The molecule has 0 radical (unpaired) electrons. The van der Waals surface area contributed by atoms with Gasteiger partial charge in [-0.15, -0.1) is 13.2 Å². The second-order valence-corrected chi connectivity index (χ2v) is 6.75. The Morgan fingerprint density at radius 1 is 1.19 bits per heavy atom. The highest BCUT2D eigenvalue weighted by Crippen LogP contribution is 2.24. The van der Waals surface area contributed by atoms with Crippen LogP contribution >= 0.6 is 0 Å². The van der Waals surface area contributed by atoms with Crippen molar-refractivity contribution in [3.63, 3.8) is 0 Å². The molecular formula is C18H21F3N4O6. The summed E-state index contributed by atoms with van der Waals surface area (Å²) < 4.78 is 40.2. The SMILES string of the molecule is CC(NC(=O)C1=CC(NC(=O)Nc2ccc(OC(F)(F)F)cc2)C(O)C(O)C1)C(N)=O. The summed E-state index contributed by atoms with van der Waals surface area (Å²) in [4.78, 5) is 35.5. The molecule has 2 rings (SSSR count).